The number of fused-ring (bicyclic) bond motifs is 1. The summed E-state index contributed by atoms with van der Waals surface area (Å²) in [7, 11) is 0. The van der Waals surface area contributed by atoms with E-state index in [-0.39, 0.29) is 25.0 Å². The predicted octanol–water partition coefficient (Wildman–Crippen LogP) is 5.60. The first-order chi connectivity index (χ1) is 16.8. The fourth-order valence-electron chi connectivity index (χ4n) is 4.89. The number of nitrogens with zero attached hydrogens (tertiary/aromatic N) is 2. The maximum atomic E-state index is 13.2. The molecule has 1 aromatic heterocycles. The summed E-state index contributed by atoms with van der Waals surface area (Å²) in [5.74, 6) is 0.975. The number of carbonyl (C=O) groups excluding carboxylic acids is 2. The second-order valence-electron chi connectivity index (χ2n) is 10.9. The van der Waals surface area contributed by atoms with Gasteiger partial charge in [-0.15, -0.1) is 0 Å². The van der Waals surface area contributed by atoms with E-state index in [2.05, 4.69) is 17.2 Å². The molecule has 2 heterocycles. The van der Waals surface area contributed by atoms with Crippen LogP contribution in [-0.2, 0) is 17.9 Å². The highest BCUT2D eigenvalue weighted by atomic mass is 19.4. The number of halogens is 3. The second-order valence-corrected chi connectivity index (χ2v) is 10.9. The van der Waals surface area contributed by atoms with Gasteiger partial charge in [-0.05, 0) is 62.6 Å². The molecule has 198 valence electrons. The van der Waals surface area contributed by atoms with Crippen LogP contribution in [0.25, 0.3) is 11.1 Å². The molecule has 2 N–H and O–H groups in total. The summed E-state index contributed by atoms with van der Waals surface area (Å²) in [5, 5.41) is 4.73. The molecule has 1 atom stereocenters. The first kappa shape index (κ1) is 26.1. The van der Waals surface area contributed by atoms with Gasteiger partial charge in [-0.25, -0.2) is 14.6 Å². The van der Waals surface area contributed by atoms with Crippen molar-refractivity contribution in [3.63, 3.8) is 0 Å². The van der Waals surface area contributed by atoms with E-state index in [1.54, 1.807) is 12.1 Å². The van der Waals surface area contributed by atoms with Gasteiger partial charge in [-0.3, -0.25) is 0 Å². The molecule has 0 spiro atoms. The third-order valence-electron chi connectivity index (χ3n) is 6.71. The van der Waals surface area contributed by atoms with Crippen molar-refractivity contribution in [2.24, 2.45) is 5.92 Å². The molecule has 1 saturated heterocycles. The van der Waals surface area contributed by atoms with Gasteiger partial charge in [0.15, 0.2) is 12.2 Å². The van der Waals surface area contributed by atoms with Gasteiger partial charge in [0.05, 0.1) is 6.54 Å². The van der Waals surface area contributed by atoms with E-state index >= 15 is 0 Å². The molecule has 0 bridgehead atoms. The molecule has 2 aromatic rings. The minimum absolute atomic E-state index is 0.0441. The van der Waals surface area contributed by atoms with E-state index < -0.39 is 36.4 Å². The Morgan fingerprint density at radius 3 is 2.53 bits per heavy atom. The SMILES string of the molecule is CC1CCC(c2c(CN3C[C@@H](C(F)(F)F)NC3=O)ccc3oc(COC(=O)NC(C)(C)C)nc23)CC1. The number of rotatable bonds is 5. The van der Waals surface area contributed by atoms with Crippen molar-refractivity contribution in [3.05, 3.63) is 29.2 Å². The Hall–Kier alpha value is -2.98. The lowest BCUT2D eigenvalue weighted by molar-refractivity contribution is -0.149. The Morgan fingerprint density at radius 2 is 1.92 bits per heavy atom. The van der Waals surface area contributed by atoms with Gasteiger partial charge >= 0.3 is 18.3 Å². The molecule has 1 aliphatic heterocycles. The molecule has 3 amide bonds. The number of urea groups is 1. The predicted molar refractivity (Wildman–Crippen MR) is 126 cm³/mol. The zero-order chi connectivity index (χ0) is 26.3. The fourth-order valence-corrected chi connectivity index (χ4v) is 4.89. The van der Waals surface area contributed by atoms with Crippen LogP contribution in [0.15, 0.2) is 16.5 Å². The summed E-state index contributed by atoms with van der Waals surface area (Å²) in [6.45, 7) is 7.16. The number of oxazole rings is 1. The quantitative estimate of drug-likeness (QED) is 0.546. The summed E-state index contributed by atoms with van der Waals surface area (Å²) in [6, 6.07) is 0.884. The Balaban J connectivity index is 1.61. The lowest BCUT2D eigenvalue weighted by Crippen LogP contribution is -2.40. The van der Waals surface area contributed by atoms with Crippen molar-refractivity contribution in [3.8, 4) is 0 Å². The maximum Gasteiger partial charge on any atom is 0.410 e. The molecule has 4 rings (SSSR count). The summed E-state index contributed by atoms with van der Waals surface area (Å²) in [5.41, 5.74) is 2.32. The van der Waals surface area contributed by atoms with Crippen LogP contribution in [0.2, 0.25) is 0 Å². The molecular formula is C25H33F3N4O4. The van der Waals surface area contributed by atoms with Crippen LogP contribution in [0.3, 0.4) is 0 Å². The molecule has 11 heteroatoms. The van der Waals surface area contributed by atoms with Crippen LogP contribution in [-0.4, -0.2) is 46.3 Å². The van der Waals surface area contributed by atoms with E-state index in [9.17, 15) is 22.8 Å². The van der Waals surface area contributed by atoms with E-state index in [0.717, 1.165) is 36.8 Å². The van der Waals surface area contributed by atoms with Gasteiger partial charge in [0.2, 0.25) is 5.89 Å². The van der Waals surface area contributed by atoms with Gasteiger partial charge in [-0.2, -0.15) is 13.2 Å². The number of alkyl carbamates (subject to hydrolysis) is 1. The Kier molecular flexibility index (Phi) is 7.12. The number of hydrogen-bond donors (Lipinski definition) is 2. The third kappa shape index (κ3) is 6.04. The molecule has 2 fully saturated rings. The van der Waals surface area contributed by atoms with Crippen LogP contribution in [0.4, 0.5) is 22.8 Å². The number of hydrogen-bond acceptors (Lipinski definition) is 5. The first-order valence-corrected chi connectivity index (χ1v) is 12.3. The highest BCUT2D eigenvalue weighted by Gasteiger charge is 2.47. The zero-order valence-corrected chi connectivity index (χ0v) is 21.0. The topological polar surface area (TPSA) is 96.7 Å². The highest BCUT2D eigenvalue weighted by Crippen LogP contribution is 2.41. The average molecular weight is 511 g/mol. The monoisotopic (exact) mass is 510 g/mol. The van der Waals surface area contributed by atoms with Crippen LogP contribution in [0.1, 0.15) is 76.3 Å². The smallest absolute Gasteiger partial charge is 0.410 e. The zero-order valence-electron chi connectivity index (χ0n) is 21.0. The highest BCUT2D eigenvalue weighted by molar-refractivity contribution is 5.80. The molecule has 2 aliphatic rings. The van der Waals surface area contributed by atoms with E-state index in [4.69, 9.17) is 9.15 Å². The Morgan fingerprint density at radius 1 is 1.22 bits per heavy atom. The molecule has 36 heavy (non-hydrogen) atoms. The Labute approximate surface area is 207 Å². The van der Waals surface area contributed by atoms with Crippen molar-refractivity contribution in [2.75, 3.05) is 6.54 Å². The number of nitrogens with one attached hydrogen (secondary N) is 2. The minimum atomic E-state index is -4.50. The summed E-state index contributed by atoms with van der Waals surface area (Å²) >= 11 is 0. The molecule has 1 saturated carbocycles. The minimum Gasteiger partial charge on any atom is -0.440 e. The van der Waals surface area contributed by atoms with Crippen molar-refractivity contribution >= 4 is 23.2 Å². The first-order valence-electron chi connectivity index (χ1n) is 12.3. The fraction of sp³-hybridized carbons (Fsp3) is 0.640. The molecule has 0 unspecified atom stereocenters. The van der Waals surface area contributed by atoms with Crippen LogP contribution in [0, 0.1) is 5.92 Å². The van der Waals surface area contributed by atoms with Gasteiger partial charge in [0.25, 0.3) is 0 Å². The number of benzene rings is 1. The summed E-state index contributed by atoms with van der Waals surface area (Å²) in [6.07, 6.45) is -1.21. The number of aromatic nitrogens is 1. The Bertz CT molecular complexity index is 1120. The third-order valence-corrected chi connectivity index (χ3v) is 6.71. The molecule has 0 radical (unpaired) electrons. The van der Waals surface area contributed by atoms with Crippen LogP contribution in [0.5, 0.6) is 0 Å². The molecule has 1 aliphatic carbocycles. The number of alkyl halides is 3. The number of ether oxygens (including phenoxy) is 1. The number of carbonyl (C=O) groups is 2. The van der Waals surface area contributed by atoms with E-state index in [1.807, 2.05) is 26.1 Å². The largest absolute Gasteiger partial charge is 0.440 e. The molecule has 8 nitrogen and oxygen atoms in total. The maximum absolute atomic E-state index is 13.2. The summed E-state index contributed by atoms with van der Waals surface area (Å²) in [4.78, 5) is 30.2. The van der Waals surface area contributed by atoms with Gasteiger partial charge in [0.1, 0.15) is 11.6 Å². The average Bonchev–Trinajstić information content (AvgIpc) is 3.35. The van der Waals surface area contributed by atoms with Crippen molar-refractivity contribution in [1.29, 1.82) is 0 Å². The molecular weight excluding hydrogens is 477 g/mol. The normalized spacial score (nSPS) is 23.1. The summed E-state index contributed by atoms with van der Waals surface area (Å²) < 4.78 is 50.6. The van der Waals surface area contributed by atoms with E-state index in [1.165, 1.54) is 4.90 Å². The van der Waals surface area contributed by atoms with Crippen molar-refractivity contribution < 1.29 is 31.9 Å². The van der Waals surface area contributed by atoms with E-state index in [0.29, 0.717) is 17.0 Å². The van der Waals surface area contributed by atoms with Gasteiger partial charge < -0.3 is 24.7 Å². The lowest BCUT2D eigenvalue weighted by atomic mass is 9.77. The molecule has 1 aromatic carbocycles. The van der Waals surface area contributed by atoms with Gasteiger partial charge in [-0.1, -0.05) is 25.8 Å². The van der Waals surface area contributed by atoms with Gasteiger partial charge in [0, 0.05) is 12.1 Å². The van der Waals surface area contributed by atoms with Crippen molar-refractivity contribution in [1.82, 2.24) is 20.5 Å². The second kappa shape index (κ2) is 9.82. The van der Waals surface area contributed by atoms with Crippen molar-refractivity contribution in [2.45, 2.75) is 90.2 Å². The lowest BCUT2D eigenvalue weighted by Gasteiger charge is -2.29. The van der Waals surface area contributed by atoms with Crippen LogP contribution >= 0.6 is 0 Å². The standard InChI is InChI=1S/C25H33F3N4O4/c1-14-5-7-15(8-6-14)20-16(11-32-12-18(25(26,27)28)29-22(32)33)9-10-17-21(20)30-19(36-17)13-35-23(34)31-24(2,3)4/h9-10,14-15,18H,5-8,11-13H2,1-4H3,(H,29,33)(H,31,34)/t14?,15?,18-/m0/s1. The number of amides is 3. The van der Waals surface area contributed by atoms with Crippen LogP contribution < -0.4 is 10.6 Å².